The maximum absolute atomic E-state index is 12.5. The Balaban J connectivity index is 1.75. The summed E-state index contributed by atoms with van der Waals surface area (Å²) in [5.74, 6) is 1.09. The van der Waals surface area contributed by atoms with Gasteiger partial charge in [-0.1, -0.05) is 17.8 Å². The normalized spacial score (nSPS) is 13.7. The van der Waals surface area contributed by atoms with Gasteiger partial charge < -0.3 is 19.5 Å². The summed E-state index contributed by atoms with van der Waals surface area (Å²) >= 11 is 3.14. The predicted octanol–water partition coefficient (Wildman–Crippen LogP) is 5.17. The van der Waals surface area contributed by atoms with Gasteiger partial charge in [0.25, 0.3) is 0 Å². The van der Waals surface area contributed by atoms with E-state index in [0.29, 0.717) is 16.4 Å². The van der Waals surface area contributed by atoms with E-state index in [-0.39, 0.29) is 5.97 Å². The van der Waals surface area contributed by atoms with E-state index in [4.69, 9.17) is 14.2 Å². The molecule has 148 valence electrons. The third-order valence-corrected chi connectivity index (χ3v) is 7.05. The molecule has 0 saturated heterocycles. The summed E-state index contributed by atoms with van der Waals surface area (Å²) in [6, 6.07) is 3.75. The van der Waals surface area contributed by atoms with Gasteiger partial charge in [0, 0.05) is 10.9 Å². The highest BCUT2D eigenvalue weighted by molar-refractivity contribution is 7.23. The van der Waals surface area contributed by atoms with Crippen molar-refractivity contribution < 1.29 is 19.0 Å². The van der Waals surface area contributed by atoms with E-state index in [2.05, 4.69) is 10.3 Å². The number of carbonyl (C=O) groups is 1. The van der Waals surface area contributed by atoms with Crippen molar-refractivity contribution in [3.63, 3.8) is 0 Å². The lowest BCUT2D eigenvalue weighted by Gasteiger charge is -2.06. The monoisotopic (exact) mass is 418 g/mol. The number of fused-ring (bicyclic) bond motifs is 2. The van der Waals surface area contributed by atoms with Crippen LogP contribution in [0.3, 0.4) is 0 Å². The number of carbonyl (C=O) groups excluding carboxylic acids is 1. The van der Waals surface area contributed by atoms with E-state index in [1.807, 2.05) is 12.1 Å². The van der Waals surface area contributed by atoms with Gasteiger partial charge in [-0.15, -0.1) is 11.3 Å². The molecule has 0 atom stereocenters. The van der Waals surface area contributed by atoms with Crippen molar-refractivity contribution in [2.45, 2.75) is 32.1 Å². The lowest BCUT2D eigenvalue weighted by molar-refractivity contribution is 0.0601. The van der Waals surface area contributed by atoms with Gasteiger partial charge in [-0.05, 0) is 37.3 Å². The SMILES string of the molecule is COC(=O)c1c(Nc2nc3c(OC)cc(OC)cc3s2)sc2c1CCCCC2. The van der Waals surface area contributed by atoms with E-state index in [9.17, 15) is 4.79 Å². The number of nitrogens with zero attached hydrogens (tertiary/aromatic N) is 1. The average Bonchev–Trinajstić information content (AvgIpc) is 3.19. The fourth-order valence-electron chi connectivity index (χ4n) is 3.55. The summed E-state index contributed by atoms with van der Waals surface area (Å²) in [7, 11) is 4.68. The molecular weight excluding hydrogens is 396 g/mol. The number of thiophene rings is 1. The molecule has 3 aromatic rings. The third kappa shape index (κ3) is 3.42. The number of ether oxygens (including phenoxy) is 3. The smallest absolute Gasteiger partial charge is 0.341 e. The second kappa shape index (κ2) is 7.97. The van der Waals surface area contributed by atoms with Crippen LogP contribution < -0.4 is 14.8 Å². The van der Waals surface area contributed by atoms with Gasteiger partial charge in [0.15, 0.2) is 5.13 Å². The quantitative estimate of drug-likeness (QED) is 0.455. The number of esters is 1. The molecule has 4 rings (SSSR count). The number of thiazole rings is 1. The summed E-state index contributed by atoms with van der Waals surface area (Å²) in [6.07, 6.45) is 5.39. The molecule has 0 bridgehead atoms. The Labute approximate surface area is 171 Å². The Morgan fingerprint density at radius 1 is 1.07 bits per heavy atom. The first kappa shape index (κ1) is 19.0. The number of aromatic nitrogens is 1. The molecule has 0 unspecified atom stereocenters. The Hall–Kier alpha value is -2.32. The summed E-state index contributed by atoms with van der Waals surface area (Å²) in [5, 5.41) is 4.89. The number of hydrogen-bond donors (Lipinski definition) is 1. The molecule has 2 aromatic heterocycles. The fraction of sp³-hybridized carbons (Fsp3) is 0.400. The number of aryl methyl sites for hydroxylation is 1. The van der Waals surface area contributed by atoms with E-state index in [1.54, 1.807) is 25.6 Å². The topological polar surface area (TPSA) is 69.7 Å². The maximum Gasteiger partial charge on any atom is 0.341 e. The zero-order valence-electron chi connectivity index (χ0n) is 16.1. The maximum atomic E-state index is 12.5. The van der Waals surface area contributed by atoms with Crippen molar-refractivity contribution in [1.82, 2.24) is 4.98 Å². The van der Waals surface area contributed by atoms with Crippen molar-refractivity contribution in [3.05, 3.63) is 28.1 Å². The highest BCUT2D eigenvalue weighted by atomic mass is 32.1. The predicted molar refractivity (Wildman–Crippen MR) is 113 cm³/mol. The summed E-state index contributed by atoms with van der Waals surface area (Å²) in [4.78, 5) is 18.5. The van der Waals surface area contributed by atoms with Gasteiger partial charge in [0.2, 0.25) is 0 Å². The number of anilines is 2. The van der Waals surface area contributed by atoms with Crippen molar-refractivity contribution in [1.29, 1.82) is 0 Å². The minimum absolute atomic E-state index is 0.290. The van der Waals surface area contributed by atoms with E-state index in [1.165, 1.54) is 29.7 Å². The number of nitrogens with one attached hydrogen (secondary N) is 1. The molecule has 1 aromatic carbocycles. The molecule has 2 heterocycles. The number of rotatable bonds is 5. The van der Waals surface area contributed by atoms with Crippen molar-refractivity contribution in [2.75, 3.05) is 26.6 Å². The summed E-state index contributed by atoms with van der Waals surface area (Å²) < 4.78 is 16.8. The van der Waals surface area contributed by atoms with Crippen molar-refractivity contribution >= 4 is 49.0 Å². The minimum Gasteiger partial charge on any atom is -0.497 e. The van der Waals surface area contributed by atoms with Gasteiger partial charge >= 0.3 is 5.97 Å². The van der Waals surface area contributed by atoms with Crippen LogP contribution in [0, 0.1) is 0 Å². The van der Waals surface area contributed by atoms with Gasteiger partial charge in [-0.3, -0.25) is 0 Å². The molecule has 0 saturated carbocycles. The summed E-state index contributed by atoms with van der Waals surface area (Å²) in [6.45, 7) is 0. The first-order valence-corrected chi connectivity index (χ1v) is 10.8. The van der Waals surface area contributed by atoms with E-state index in [0.717, 1.165) is 52.2 Å². The number of methoxy groups -OCH3 is 3. The minimum atomic E-state index is -0.290. The van der Waals surface area contributed by atoms with Gasteiger partial charge in [0.05, 0.1) is 31.6 Å². The van der Waals surface area contributed by atoms with E-state index >= 15 is 0 Å². The van der Waals surface area contributed by atoms with Crippen LogP contribution in [0.2, 0.25) is 0 Å². The highest BCUT2D eigenvalue weighted by Gasteiger charge is 2.26. The van der Waals surface area contributed by atoms with Crippen molar-refractivity contribution in [2.24, 2.45) is 0 Å². The fourth-order valence-corrected chi connectivity index (χ4v) is 5.80. The molecule has 0 fully saturated rings. The molecule has 0 radical (unpaired) electrons. The van der Waals surface area contributed by atoms with Gasteiger partial charge in [-0.25, -0.2) is 9.78 Å². The van der Waals surface area contributed by atoms with Crippen LogP contribution in [0.4, 0.5) is 10.1 Å². The largest absolute Gasteiger partial charge is 0.497 e. The third-order valence-electron chi connectivity index (χ3n) is 4.92. The second-order valence-corrected chi connectivity index (χ2v) is 8.72. The van der Waals surface area contributed by atoms with Crippen LogP contribution in [0.5, 0.6) is 11.5 Å². The second-order valence-electron chi connectivity index (χ2n) is 6.58. The molecule has 1 N–H and O–H groups in total. The van der Waals surface area contributed by atoms with Crippen LogP contribution in [-0.2, 0) is 17.6 Å². The standard InChI is InChI=1S/C20H22N2O4S2/c1-24-11-9-13(25-2)17-15(10-11)28-20(21-17)22-18-16(19(23)26-3)12-7-5-4-6-8-14(12)27-18/h9-10H,4-8H2,1-3H3,(H,21,22). The molecule has 28 heavy (non-hydrogen) atoms. The van der Waals surface area contributed by atoms with Gasteiger partial charge in [-0.2, -0.15) is 0 Å². The van der Waals surface area contributed by atoms with Gasteiger partial charge in [0.1, 0.15) is 22.0 Å². The van der Waals surface area contributed by atoms with Crippen LogP contribution in [0.25, 0.3) is 10.2 Å². The first-order chi connectivity index (χ1) is 13.6. The van der Waals surface area contributed by atoms with Crippen LogP contribution in [0.1, 0.15) is 40.1 Å². The molecule has 8 heteroatoms. The Kier molecular flexibility index (Phi) is 5.41. The zero-order valence-corrected chi connectivity index (χ0v) is 17.7. The lowest BCUT2D eigenvalue weighted by atomic mass is 10.1. The Bertz CT molecular complexity index is 1030. The number of hydrogen-bond acceptors (Lipinski definition) is 8. The van der Waals surface area contributed by atoms with Crippen LogP contribution >= 0.6 is 22.7 Å². The lowest BCUT2D eigenvalue weighted by Crippen LogP contribution is -2.06. The van der Waals surface area contributed by atoms with Crippen LogP contribution in [0.15, 0.2) is 12.1 Å². The Morgan fingerprint density at radius 3 is 2.64 bits per heavy atom. The van der Waals surface area contributed by atoms with E-state index < -0.39 is 0 Å². The molecule has 6 nitrogen and oxygen atoms in total. The van der Waals surface area contributed by atoms with Crippen LogP contribution in [-0.4, -0.2) is 32.3 Å². The molecular formula is C20H22N2O4S2. The van der Waals surface area contributed by atoms with Crippen molar-refractivity contribution in [3.8, 4) is 11.5 Å². The number of benzene rings is 1. The molecule has 1 aliphatic carbocycles. The molecule has 0 amide bonds. The summed E-state index contributed by atoms with van der Waals surface area (Å²) in [5.41, 5.74) is 2.57. The molecule has 0 aliphatic heterocycles. The zero-order chi connectivity index (χ0) is 19.7. The first-order valence-electron chi connectivity index (χ1n) is 9.17. The molecule has 1 aliphatic rings. The average molecular weight is 419 g/mol. The molecule has 0 spiro atoms. The Morgan fingerprint density at radius 2 is 1.89 bits per heavy atom. The highest BCUT2D eigenvalue weighted by Crippen LogP contribution is 2.42.